The molecule has 0 saturated carbocycles. The molecule has 4 nitrogen and oxygen atoms in total. The first kappa shape index (κ1) is 16.4. The van der Waals surface area contributed by atoms with Crippen molar-refractivity contribution in [2.75, 3.05) is 20.2 Å². The number of hydrogen-bond donors (Lipinski definition) is 1. The van der Waals surface area contributed by atoms with Gasteiger partial charge in [0.2, 0.25) is 10.0 Å². The van der Waals surface area contributed by atoms with Gasteiger partial charge >= 0.3 is 0 Å². The van der Waals surface area contributed by atoms with Crippen molar-refractivity contribution in [3.63, 3.8) is 0 Å². The summed E-state index contributed by atoms with van der Waals surface area (Å²) in [6, 6.07) is 3.34. The molecule has 1 N–H and O–H groups in total. The van der Waals surface area contributed by atoms with Crippen LogP contribution in [-0.4, -0.2) is 38.0 Å². The van der Waals surface area contributed by atoms with Gasteiger partial charge in [0, 0.05) is 20.2 Å². The maximum atomic E-state index is 13.0. The van der Waals surface area contributed by atoms with E-state index in [4.69, 9.17) is 16.7 Å². The predicted octanol–water partition coefficient (Wildman–Crippen LogP) is 2.26. The highest BCUT2D eigenvalue weighted by Crippen LogP contribution is 2.21. The number of rotatable bonds is 7. The summed E-state index contributed by atoms with van der Waals surface area (Å²) in [4.78, 5) is -0.0245. The van der Waals surface area contributed by atoms with Crippen molar-refractivity contribution in [3.05, 3.63) is 29.0 Å². The van der Waals surface area contributed by atoms with E-state index in [1.807, 2.05) is 0 Å². The van der Waals surface area contributed by atoms with Crippen LogP contribution in [0, 0.1) is 5.82 Å². The highest BCUT2D eigenvalue weighted by molar-refractivity contribution is 7.89. The van der Waals surface area contributed by atoms with E-state index in [1.54, 1.807) is 0 Å². The zero-order chi connectivity index (χ0) is 14.5. The van der Waals surface area contributed by atoms with Crippen LogP contribution in [0.5, 0.6) is 0 Å². The second-order valence-corrected chi connectivity index (χ2v) is 6.64. The molecule has 1 rings (SSSR count). The third kappa shape index (κ3) is 4.42. The Kier molecular flexibility index (Phi) is 6.19. The normalized spacial score (nSPS) is 12.1. The second kappa shape index (κ2) is 7.19. The molecule has 0 aromatic heterocycles. The maximum absolute atomic E-state index is 13.0. The van der Waals surface area contributed by atoms with E-state index in [-0.39, 0.29) is 16.5 Å². The molecule has 0 spiro atoms. The molecule has 0 unspecified atom stereocenters. The summed E-state index contributed by atoms with van der Waals surface area (Å²) in [7, 11) is -2.18. The van der Waals surface area contributed by atoms with Crippen molar-refractivity contribution in [1.82, 2.24) is 4.31 Å². The summed E-state index contributed by atoms with van der Waals surface area (Å²) >= 11 is 5.58. The fourth-order valence-corrected chi connectivity index (χ4v) is 3.04. The first-order valence-electron chi connectivity index (χ1n) is 5.92. The van der Waals surface area contributed by atoms with Gasteiger partial charge < -0.3 is 5.11 Å². The molecule has 0 amide bonds. The predicted molar refractivity (Wildman–Crippen MR) is 72.2 cm³/mol. The molecule has 1 aromatic rings. The zero-order valence-electron chi connectivity index (χ0n) is 10.6. The lowest BCUT2D eigenvalue weighted by Gasteiger charge is -2.17. The number of nitrogens with zero attached hydrogens (tertiary/aromatic N) is 1. The van der Waals surface area contributed by atoms with Crippen LogP contribution < -0.4 is 0 Å². The van der Waals surface area contributed by atoms with Gasteiger partial charge in [0.1, 0.15) is 5.82 Å². The fourth-order valence-electron chi connectivity index (χ4n) is 1.56. The first-order valence-corrected chi connectivity index (χ1v) is 7.73. The van der Waals surface area contributed by atoms with Crippen LogP contribution in [0.1, 0.15) is 19.3 Å². The molecular weight excluding hydrogens is 293 g/mol. The van der Waals surface area contributed by atoms with Gasteiger partial charge in [-0.3, -0.25) is 0 Å². The van der Waals surface area contributed by atoms with Crippen LogP contribution in [0.3, 0.4) is 0 Å². The first-order chi connectivity index (χ1) is 8.89. The second-order valence-electron chi connectivity index (χ2n) is 4.19. The van der Waals surface area contributed by atoms with Crippen molar-refractivity contribution in [3.8, 4) is 0 Å². The van der Waals surface area contributed by atoms with E-state index in [0.717, 1.165) is 18.6 Å². The molecule has 7 heteroatoms. The van der Waals surface area contributed by atoms with Crippen molar-refractivity contribution in [2.24, 2.45) is 0 Å². The monoisotopic (exact) mass is 309 g/mol. The smallest absolute Gasteiger partial charge is 0.242 e. The van der Waals surface area contributed by atoms with Crippen molar-refractivity contribution in [1.29, 1.82) is 0 Å². The minimum atomic E-state index is -3.65. The Bertz CT molecular complexity index is 522. The van der Waals surface area contributed by atoms with Crippen molar-refractivity contribution < 1.29 is 17.9 Å². The van der Waals surface area contributed by atoms with Gasteiger partial charge in [0.05, 0.1) is 9.92 Å². The zero-order valence-corrected chi connectivity index (χ0v) is 12.2. The van der Waals surface area contributed by atoms with Gasteiger partial charge in [0.15, 0.2) is 0 Å². The Labute approximate surface area is 117 Å². The highest BCUT2D eigenvalue weighted by Gasteiger charge is 2.21. The molecule has 0 fully saturated rings. The largest absolute Gasteiger partial charge is 0.396 e. The Morgan fingerprint density at radius 3 is 2.58 bits per heavy atom. The van der Waals surface area contributed by atoms with Gasteiger partial charge in [0.25, 0.3) is 0 Å². The van der Waals surface area contributed by atoms with E-state index >= 15 is 0 Å². The lowest BCUT2D eigenvalue weighted by Crippen LogP contribution is -2.28. The number of hydrogen-bond acceptors (Lipinski definition) is 3. The van der Waals surface area contributed by atoms with Crippen LogP contribution >= 0.6 is 11.6 Å². The molecule has 1 aromatic carbocycles. The Balaban J connectivity index is 2.76. The molecule has 0 radical (unpaired) electrons. The van der Waals surface area contributed by atoms with Gasteiger partial charge in [-0.1, -0.05) is 11.6 Å². The van der Waals surface area contributed by atoms with Gasteiger partial charge in [-0.2, -0.15) is 0 Å². The van der Waals surface area contributed by atoms with Crippen molar-refractivity contribution in [2.45, 2.75) is 24.2 Å². The van der Waals surface area contributed by atoms with Gasteiger partial charge in [-0.25, -0.2) is 17.1 Å². The number of sulfonamides is 1. The minimum Gasteiger partial charge on any atom is -0.396 e. The van der Waals surface area contributed by atoms with Crippen LogP contribution in [0.2, 0.25) is 5.02 Å². The van der Waals surface area contributed by atoms with E-state index in [0.29, 0.717) is 19.4 Å². The standard InChI is InChI=1S/C12H17ClFNO3S/c1-15(7-3-2-4-8-16)19(17,18)10-5-6-12(14)11(13)9-10/h5-6,9,16H,2-4,7-8H2,1H3. The maximum Gasteiger partial charge on any atom is 0.242 e. The topological polar surface area (TPSA) is 57.6 Å². The number of aliphatic hydroxyl groups excluding tert-OH is 1. The van der Waals surface area contributed by atoms with Crippen molar-refractivity contribution >= 4 is 21.6 Å². The summed E-state index contributed by atoms with van der Waals surface area (Å²) < 4.78 is 38.5. The summed E-state index contributed by atoms with van der Waals surface area (Å²) in [6.07, 6.45) is 2.06. The molecule has 0 atom stereocenters. The quantitative estimate of drug-likeness (QED) is 0.786. The molecule has 0 aliphatic carbocycles. The van der Waals surface area contributed by atoms with Crippen LogP contribution in [0.15, 0.2) is 23.1 Å². The van der Waals surface area contributed by atoms with E-state index in [1.165, 1.54) is 17.4 Å². The number of aliphatic hydroxyl groups is 1. The summed E-state index contributed by atoms with van der Waals surface area (Å²) in [6.45, 7) is 0.446. The summed E-state index contributed by atoms with van der Waals surface area (Å²) in [5.74, 6) is -0.647. The molecular formula is C12H17ClFNO3S. The van der Waals surface area contributed by atoms with Gasteiger partial charge in [-0.05, 0) is 37.5 Å². The summed E-state index contributed by atoms with van der Waals surface area (Å²) in [5, 5.41) is 8.43. The van der Waals surface area contributed by atoms with Crippen LogP contribution in [0.25, 0.3) is 0 Å². The average Bonchev–Trinajstić information content (AvgIpc) is 2.37. The van der Waals surface area contributed by atoms with Gasteiger partial charge in [-0.15, -0.1) is 0 Å². The lowest BCUT2D eigenvalue weighted by molar-refractivity contribution is 0.281. The highest BCUT2D eigenvalue weighted by atomic mass is 35.5. The number of unbranched alkanes of at least 4 members (excludes halogenated alkanes) is 2. The lowest BCUT2D eigenvalue weighted by atomic mass is 10.2. The minimum absolute atomic E-state index is 0.0245. The molecule has 108 valence electrons. The Hall–Kier alpha value is -0.690. The number of halogens is 2. The average molecular weight is 310 g/mol. The Morgan fingerprint density at radius 1 is 1.32 bits per heavy atom. The summed E-state index contributed by atoms with van der Waals surface area (Å²) in [5.41, 5.74) is 0. The molecule has 0 heterocycles. The molecule has 0 bridgehead atoms. The molecule has 0 saturated heterocycles. The number of benzene rings is 1. The van der Waals surface area contributed by atoms with E-state index in [2.05, 4.69) is 0 Å². The fraction of sp³-hybridized carbons (Fsp3) is 0.500. The molecule has 0 aliphatic heterocycles. The van der Waals surface area contributed by atoms with E-state index in [9.17, 15) is 12.8 Å². The molecule has 0 aliphatic rings. The Morgan fingerprint density at radius 2 is 2.00 bits per heavy atom. The third-order valence-corrected chi connectivity index (χ3v) is 4.87. The third-order valence-electron chi connectivity index (χ3n) is 2.73. The SMILES string of the molecule is CN(CCCCCO)S(=O)(=O)c1ccc(F)c(Cl)c1. The molecule has 19 heavy (non-hydrogen) atoms. The van der Waals surface area contributed by atoms with Crippen LogP contribution in [0.4, 0.5) is 4.39 Å². The van der Waals surface area contributed by atoms with E-state index < -0.39 is 15.8 Å². The van der Waals surface area contributed by atoms with Crippen LogP contribution in [-0.2, 0) is 10.0 Å².